The van der Waals surface area contributed by atoms with E-state index >= 15 is 0 Å². The summed E-state index contributed by atoms with van der Waals surface area (Å²) >= 11 is 16.4. The monoisotopic (exact) mass is 752 g/mol. The van der Waals surface area contributed by atoms with E-state index in [1.807, 2.05) is 44.2 Å². The number of hydrogen-bond donors (Lipinski definition) is 5. The molecule has 5 N–H and O–H groups in total. The Morgan fingerprint density at radius 3 is 2.20 bits per heavy atom. The van der Waals surface area contributed by atoms with Gasteiger partial charge in [-0.25, -0.2) is 9.18 Å². The van der Waals surface area contributed by atoms with Crippen LogP contribution in [0.15, 0.2) is 60.7 Å². The number of aliphatic hydroxyl groups is 1. The minimum absolute atomic E-state index is 0.0151. The van der Waals surface area contributed by atoms with Gasteiger partial charge in [-0.05, 0) is 101 Å². The topological polar surface area (TPSA) is 139 Å². The fraction of sp³-hybridized carbons (Fsp3) is 0.447. The molecule has 0 aliphatic heterocycles. The van der Waals surface area contributed by atoms with E-state index in [2.05, 4.69) is 37.5 Å². The van der Waals surface area contributed by atoms with E-state index in [1.54, 1.807) is 18.2 Å². The highest BCUT2D eigenvalue weighted by Crippen LogP contribution is 2.54. The Morgan fingerprint density at radius 1 is 1.10 bits per heavy atom. The third-order valence-corrected chi connectivity index (χ3v) is 9.09. The number of carboxylic acid groups (broad SMARTS) is 1. The first-order valence-corrected chi connectivity index (χ1v) is 17.6. The molecule has 50 heavy (non-hydrogen) atoms. The molecule has 0 spiro atoms. The third kappa shape index (κ3) is 13.8. The summed E-state index contributed by atoms with van der Waals surface area (Å²) in [5.41, 5.74) is 6.52. The molecule has 276 valence electrons. The average molecular weight is 754 g/mol. The Kier molecular flexibility index (Phi) is 20.1. The summed E-state index contributed by atoms with van der Waals surface area (Å²) in [4.78, 5) is 32.2. The maximum absolute atomic E-state index is 14.7. The summed E-state index contributed by atoms with van der Waals surface area (Å²) in [7, 11) is 2.47. The summed E-state index contributed by atoms with van der Waals surface area (Å²) in [6.45, 7) is 8.54. The van der Waals surface area contributed by atoms with Gasteiger partial charge < -0.3 is 26.0 Å². The molecule has 3 aromatic rings. The predicted molar refractivity (Wildman–Crippen MR) is 203 cm³/mol. The molecule has 0 saturated heterocycles. The van der Waals surface area contributed by atoms with E-state index < -0.39 is 17.8 Å². The second-order valence-corrected chi connectivity index (χ2v) is 14.4. The maximum atomic E-state index is 14.7. The van der Waals surface area contributed by atoms with E-state index in [0.717, 1.165) is 37.5 Å². The molecule has 8 nitrogen and oxygen atoms in total. The van der Waals surface area contributed by atoms with Crippen molar-refractivity contribution in [2.24, 2.45) is 23.0 Å². The number of hydrogen-bond acceptors (Lipinski definition) is 6. The standard InChI is InChI=1S/C33H36Cl2FNO4.C3H8S.CH3NO.CH4O/c1-4-27(21-9-10-21)33(2,17-20-8-12-25(32(39)40)30(14-20)41-3)18-26(22-6-5-7-24(34)15-22)31(37-19-38)23-11-13-28(35)29(36)16-23;1-3(2)4;2-1-3;1-2/h5-8,11-16,19,21,26-27,31H,4,9-10,17-18H2,1-3H3,(H,37,38)(H,39,40);3-4H,1-2H3;1H,(H2,2,3);2H,1H3/t26-,27?,31?,33+;;;/m1.../s1. The summed E-state index contributed by atoms with van der Waals surface area (Å²) in [5, 5.41) is 20.7. The number of nitrogens with two attached hydrogens (primary N) is 1. The third-order valence-electron chi connectivity index (χ3n) is 8.55. The van der Waals surface area contributed by atoms with Crippen LogP contribution in [0.3, 0.4) is 0 Å². The van der Waals surface area contributed by atoms with E-state index in [0.29, 0.717) is 52.7 Å². The van der Waals surface area contributed by atoms with Crippen molar-refractivity contribution in [3.8, 4) is 5.75 Å². The van der Waals surface area contributed by atoms with Gasteiger partial charge in [-0.3, -0.25) is 9.59 Å². The Bertz CT molecular complexity index is 1510. The number of carbonyl (C=O) groups is 3. The highest BCUT2D eigenvalue weighted by atomic mass is 35.5. The Hall–Kier alpha value is -3.31. The van der Waals surface area contributed by atoms with Crippen LogP contribution in [0.1, 0.15) is 92.4 Å². The van der Waals surface area contributed by atoms with Crippen molar-refractivity contribution in [1.29, 1.82) is 0 Å². The minimum Gasteiger partial charge on any atom is -0.496 e. The molecule has 1 aliphatic carbocycles. The first-order valence-electron chi connectivity index (χ1n) is 16.3. The molecule has 1 saturated carbocycles. The second kappa shape index (κ2) is 22.5. The summed E-state index contributed by atoms with van der Waals surface area (Å²) in [6.07, 6.45) is 5.51. The highest BCUT2D eigenvalue weighted by molar-refractivity contribution is 7.80. The number of benzene rings is 3. The molecule has 4 atom stereocenters. The van der Waals surface area contributed by atoms with E-state index in [-0.39, 0.29) is 28.3 Å². The molecule has 0 bridgehead atoms. The number of aliphatic hydroxyl groups excluding tert-OH is 1. The number of aromatic carboxylic acids is 1. The Morgan fingerprint density at radius 2 is 1.72 bits per heavy atom. The second-order valence-electron chi connectivity index (χ2n) is 12.6. The number of thiol groups is 1. The lowest BCUT2D eigenvalue weighted by molar-refractivity contribution is -0.110. The zero-order chi connectivity index (χ0) is 38.0. The van der Waals surface area contributed by atoms with Crippen LogP contribution in [-0.2, 0) is 16.0 Å². The Labute approximate surface area is 311 Å². The molecular weight excluding hydrogens is 702 g/mol. The van der Waals surface area contributed by atoms with Crippen molar-refractivity contribution in [2.75, 3.05) is 14.2 Å². The van der Waals surface area contributed by atoms with Gasteiger partial charge in [-0.2, -0.15) is 12.6 Å². The number of carboxylic acids is 1. The van der Waals surface area contributed by atoms with Crippen LogP contribution in [0.25, 0.3) is 0 Å². The van der Waals surface area contributed by atoms with E-state index in [9.17, 15) is 19.1 Å². The van der Waals surface area contributed by atoms with Crippen molar-refractivity contribution in [2.45, 2.75) is 77.0 Å². The smallest absolute Gasteiger partial charge is 0.339 e. The van der Waals surface area contributed by atoms with Crippen LogP contribution < -0.4 is 15.8 Å². The van der Waals surface area contributed by atoms with Gasteiger partial charge in [0.05, 0.1) is 18.2 Å². The molecule has 0 aromatic heterocycles. The van der Waals surface area contributed by atoms with Gasteiger partial charge in [0, 0.05) is 18.1 Å². The molecule has 2 unspecified atom stereocenters. The molecule has 0 heterocycles. The molecule has 12 heteroatoms. The summed E-state index contributed by atoms with van der Waals surface area (Å²) < 4.78 is 20.1. The molecule has 3 aromatic carbocycles. The maximum Gasteiger partial charge on any atom is 0.339 e. The van der Waals surface area contributed by atoms with Gasteiger partial charge >= 0.3 is 5.97 Å². The van der Waals surface area contributed by atoms with Crippen LogP contribution in [0, 0.1) is 23.1 Å². The lowest BCUT2D eigenvalue weighted by atomic mass is 9.63. The zero-order valence-electron chi connectivity index (χ0n) is 29.5. The van der Waals surface area contributed by atoms with Gasteiger partial charge in [-0.1, -0.05) is 81.6 Å². The van der Waals surface area contributed by atoms with Gasteiger partial charge in [0.25, 0.3) is 0 Å². The molecule has 1 aliphatic rings. The lowest BCUT2D eigenvalue weighted by Crippen LogP contribution is -2.36. The number of halogens is 3. The number of primary amides is 1. The molecule has 2 amide bonds. The lowest BCUT2D eigenvalue weighted by Gasteiger charge is -2.43. The number of ether oxygens (including phenoxy) is 1. The van der Waals surface area contributed by atoms with Crippen molar-refractivity contribution in [3.05, 3.63) is 98.8 Å². The van der Waals surface area contributed by atoms with Crippen molar-refractivity contribution in [3.63, 3.8) is 0 Å². The quantitative estimate of drug-likeness (QED) is 0.0827. The van der Waals surface area contributed by atoms with Crippen molar-refractivity contribution < 1.29 is 33.7 Å². The summed E-state index contributed by atoms with van der Waals surface area (Å²) in [5.74, 6) is -0.578. The predicted octanol–water partition coefficient (Wildman–Crippen LogP) is 8.52. The number of rotatable bonds is 14. The van der Waals surface area contributed by atoms with Gasteiger partial charge in [-0.15, -0.1) is 0 Å². The number of amides is 2. The molecule has 0 radical (unpaired) electrons. The number of carbonyl (C=O) groups excluding carboxylic acids is 2. The van der Waals surface area contributed by atoms with E-state index in [1.165, 1.54) is 19.2 Å². The van der Waals surface area contributed by atoms with E-state index in [4.69, 9.17) is 37.8 Å². The highest BCUT2D eigenvalue weighted by Gasteiger charge is 2.45. The SMILES string of the molecule is CC(C)S.CCC(C1CC1)[C@@](C)(Cc1ccc(C(=O)O)c(OC)c1)C[C@H](c1cccc(Cl)c1)C(NC=O)c1ccc(Cl)c(F)c1.CO.NC=O. The largest absolute Gasteiger partial charge is 0.496 e. The molecule has 4 rings (SSSR count). The average Bonchev–Trinajstić information content (AvgIpc) is 3.90. The number of methoxy groups -OCH3 is 1. The normalized spacial score (nSPS) is 14.8. The molecule has 1 fully saturated rings. The first kappa shape index (κ1) is 44.7. The Balaban J connectivity index is 0.00000125. The van der Waals surface area contributed by atoms with Gasteiger partial charge in [0.1, 0.15) is 17.1 Å². The van der Waals surface area contributed by atoms with Crippen molar-refractivity contribution >= 4 is 54.6 Å². The van der Waals surface area contributed by atoms with Gasteiger partial charge in [0.2, 0.25) is 12.8 Å². The minimum atomic E-state index is -1.04. The van der Waals surface area contributed by atoms with Crippen LogP contribution in [0.2, 0.25) is 10.0 Å². The van der Waals surface area contributed by atoms with Crippen LogP contribution in [0.5, 0.6) is 5.75 Å². The molecular formula is C38H51Cl2FN2O6S. The first-order chi connectivity index (χ1) is 23.7. The number of nitrogens with one attached hydrogen (secondary N) is 1. The zero-order valence-corrected chi connectivity index (χ0v) is 31.9. The fourth-order valence-electron chi connectivity index (χ4n) is 6.63. The van der Waals surface area contributed by atoms with Crippen molar-refractivity contribution in [1.82, 2.24) is 5.32 Å². The van der Waals surface area contributed by atoms with Crippen LogP contribution in [0.4, 0.5) is 4.39 Å². The van der Waals surface area contributed by atoms with Crippen LogP contribution >= 0.6 is 35.8 Å². The fourth-order valence-corrected chi connectivity index (χ4v) is 6.94. The van der Waals surface area contributed by atoms with Gasteiger partial charge in [0.15, 0.2) is 0 Å². The summed E-state index contributed by atoms with van der Waals surface area (Å²) in [6, 6.07) is 16.9. The van der Waals surface area contributed by atoms with Crippen LogP contribution in [-0.4, -0.2) is 48.5 Å².